The lowest BCUT2D eigenvalue weighted by atomic mass is 10.1. The molecule has 2 aromatic rings. The third-order valence-corrected chi connectivity index (χ3v) is 3.54. The molecule has 110 valence electrons. The standard InChI is InChI=1S/C15H18N4O2/c1-10-8-18-14(11(2)15(10)19(20)21)9-17-12(3)13-4-6-16-7-5-13/h4-8,12,17H,9H2,1-3H3/t12-/m0/s1. The van der Waals surface area contributed by atoms with Gasteiger partial charge in [0.1, 0.15) is 0 Å². The predicted octanol–water partition coefficient (Wildman–Crippen LogP) is 2.85. The fourth-order valence-electron chi connectivity index (χ4n) is 2.24. The molecule has 0 amide bonds. The van der Waals surface area contributed by atoms with Crippen molar-refractivity contribution in [2.24, 2.45) is 0 Å². The maximum absolute atomic E-state index is 11.1. The Kier molecular flexibility index (Phi) is 4.59. The van der Waals surface area contributed by atoms with Gasteiger partial charge in [0, 0.05) is 42.3 Å². The highest BCUT2D eigenvalue weighted by Gasteiger charge is 2.18. The highest BCUT2D eigenvalue weighted by molar-refractivity contribution is 5.47. The summed E-state index contributed by atoms with van der Waals surface area (Å²) in [5.41, 5.74) is 3.17. The maximum Gasteiger partial charge on any atom is 0.278 e. The number of hydrogen-bond donors (Lipinski definition) is 1. The minimum Gasteiger partial charge on any atom is -0.305 e. The minimum atomic E-state index is -0.345. The number of pyridine rings is 2. The largest absolute Gasteiger partial charge is 0.305 e. The second kappa shape index (κ2) is 6.41. The first kappa shape index (κ1) is 15.1. The van der Waals surface area contributed by atoms with Crippen molar-refractivity contribution in [1.29, 1.82) is 0 Å². The number of nitrogens with zero attached hydrogens (tertiary/aromatic N) is 3. The summed E-state index contributed by atoms with van der Waals surface area (Å²) in [7, 11) is 0. The fraction of sp³-hybridized carbons (Fsp3) is 0.333. The van der Waals surface area contributed by atoms with Crippen molar-refractivity contribution in [3.05, 3.63) is 63.2 Å². The fourth-order valence-corrected chi connectivity index (χ4v) is 2.24. The van der Waals surface area contributed by atoms with Crippen molar-refractivity contribution in [3.8, 4) is 0 Å². The van der Waals surface area contributed by atoms with E-state index in [0.29, 0.717) is 23.4 Å². The van der Waals surface area contributed by atoms with Crippen LogP contribution in [0.1, 0.15) is 35.3 Å². The zero-order valence-electron chi connectivity index (χ0n) is 12.3. The Hall–Kier alpha value is -2.34. The van der Waals surface area contributed by atoms with E-state index in [2.05, 4.69) is 15.3 Å². The lowest BCUT2D eigenvalue weighted by molar-refractivity contribution is -0.386. The van der Waals surface area contributed by atoms with E-state index in [1.165, 1.54) is 0 Å². The molecule has 0 spiro atoms. The van der Waals surface area contributed by atoms with Gasteiger partial charge >= 0.3 is 0 Å². The number of rotatable bonds is 5. The van der Waals surface area contributed by atoms with Gasteiger partial charge in [0.15, 0.2) is 0 Å². The van der Waals surface area contributed by atoms with Crippen LogP contribution < -0.4 is 5.32 Å². The molecule has 6 nitrogen and oxygen atoms in total. The molecule has 1 N–H and O–H groups in total. The summed E-state index contributed by atoms with van der Waals surface area (Å²) in [6.07, 6.45) is 5.04. The van der Waals surface area contributed by atoms with Crippen molar-refractivity contribution in [2.75, 3.05) is 0 Å². The summed E-state index contributed by atoms with van der Waals surface area (Å²) >= 11 is 0. The maximum atomic E-state index is 11.1. The molecule has 6 heteroatoms. The van der Waals surface area contributed by atoms with E-state index in [9.17, 15) is 10.1 Å². The SMILES string of the molecule is Cc1cnc(CN[C@@H](C)c2ccncc2)c(C)c1[N+](=O)[O-]. The summed E-state index contributed by atoms with van der Waals surface area (Å²) in [5, 5.41) is 14.4. The topological polar surface area (TPSA) is 81.0 Å². The number of hydrogen-bond acceptors (Lipinski definition) is 5. The molecule has 2 rings (SSSR count). The van der Waals surface area contributed by atoms with E-state index in [1.54, 1.807) is 32.4 Å². The lowest BCUT2D eigenvalue weighted by Crippen LogP contribution is -2.20. The minimum absolute atomic E-state index is 0.120. The second-order valence-corrected chi connectivity index (χ2v) is 5.00. The highest BCUT2D eigenvalue weighted by Crippen LogP contribution is 2.24. The third kappa shape index (κ3) is 3.41. The molecule has 0 aromatic carbocycles. The van der Waals surface area contributed by atoms with Crippen LogP contribution in [0.25, 0.3) is 0 Å². The Balaban J connectivity index is 2.14. The third-order valence-electron chi connectivity index (χ3n) is 3.54. The summed E-state index contributed by atoms with van der Waals surface area (Å²) in [5.74, 6) is 0. The van der Waals surface area contributed by atoms with Gasteiger partial charge in [-0.2, -0.15) is 0 Å². The van der Waals surface area contributed by atoms with Gasteiger partial charge in [-0.3, -0.25) is 20.1 Å². The first-order valence-electron chi connectivity index (χ1n) is 6.73. The zero-order chi connectivity index (χ0) is 15.4. The molecule has 0 aliphatic heterocycles. The molecule has 1 atom stereocenters. The van der Waals surface area contributed by atoms with Gasteiger partial charge in [0.2, 0.25) is 0 Å². The van der Waals surface area contributed by atoms with Crippen LogP contribution in [0.3, 0.4) is 0 Å². The Morgan fingerprint density at radius 2 is 2.00 bits per heavy atom. The number of nitro groups is 1. The first-order valence-corrected chi connectivity index (χ1v) is 6.73. The molecule has 0 radical (unpaired) electrons. The van der Waals surface area contributed by atoms with Gasteiger partial charge in [-0.15, -0.1) is 0 Å². The van der Waals surface area contributed by atoms with Crippen LogP contribution in [0, 0.1) is 24.0 Å². The quantitative estimate of drug-likeness (QED) is 0.675. The van der Waals surface area contributed by atoms with Gasteiger partial charge in [-0.05, 0) is 38.5 Å². The second-order valence-electron chi connectivity index (χ2n) is 5.00. The van der Waals surface area contributed by atoms with E-state index in [4.69, 9.17) is 0 Å². The molecule has 0 bridgehead atoms. The molecule has 0 fully saturated rings. The Morgan fingerprint density at radius 3 is 2.62 bits per heavy atom. The van der Waals surface area contributed by atoms with Gasteiger partial charge in [-0.1, -0.05) is 0 Å². The summed E-state index contributed by atoms with van der Waals surface area (Å²) in [6.45, 7) is 5.96. The van der Waals surface area contributed by atoms with Crippen molar-refractivity contribution in [1.82, 2.24) is 15.3 Å². The number of nitrogens with one attached hydrogen (secondary N) is 1. The van der Waals surface area contributed by atoms with Crippen LogP contribution in [0.4, 0.5) is 5.69 Å². The summed E-state index contributed by atoms with van der Waals surface area (Å²) < 4.78 is 0. The van der Waals surface area contributed by atoms with E-state index in [-0.39, 0.29) is 16.7 Å². The van der Waals surface area contributed by atoms with E-state index in [0.717, 1.165) is 5.56 Å². The van der Waals surface area contributed by atoms with Crippen LogP contribution in [-0.4, -0.2) is 14.9 Å². The monoisotopic (exact) mass is 286 g/mol. The molecule has 0 saturated heterocycles. The highest BCUT2D eigenvalue weighted by atomic mass is 16.6. The molecule has 2 heterocycles. The number of aryl methyl sites for hydroxylation is 1. The Morgan fingerprint density at radius 1 is 1.33 bits per heavy atom. The number of aromatic nitrogens is 2. The van der Waals surface area contributed by atoms with E-state index >= 15 is 0 Å². The molecule has 0 aliphatic rings. The first-order chi connectivity index (χ1) is 10.0. The van der Waals surface area contributed by atoms with Crippen molar-refractivity contribution < 1.29 is 4.92 Å². The molecule has 0 unspecified atom stereocenters. The normalized spacial score (nSPS) is 12.1. The van der Waals surface area contributed by atoms with Crippen LogP contribution in [-0.2, 0) is 6.54 Å². The van der Waals surface area contributed by atoms with Crippen molar-refractivity contribution in [3.63, 3.8) is 0 Å². The van der Waals surface area contributed by atoms with E-state index in [1.807, 2.05) is 19.1 Å². The predicted molar refractivity (Wildman–Crippen MR) is 79.9 cm³/mol. The van der Waals surface area contributed by atoms with Crippen molar-refractivity contribution in [2.45, 2.75) is 33.4 Å². The summed E-state index contributed by atoms with van der Waals surface area (Å²) in [4.78, 5) is 19.1. The molecular formula is C15H18N4O2. The molecule has 0 aliphatic carbocycles. The average molecular weight is 286 g/mol. The Labute approximate surface area is 123 Å². The van der Waals surface area contributed by atoms with E-state index < -0.39 is 0 Å². The lowest BCUT2D eigenvalue weighted by Gasteiger charge is -2.15. The molecule has 2 aromatic heterocycles. The summed E-state index contributed by atoms with van der Waals surface area (Å²) in [6, 6.07) is 4.00. The Bertz CT molecular complexity index is 644. The zero-order valence-corrected chi connectivity index (χ0v) is 12.3. The van der Waals surface area contributed by atoms with Crippen LogP contribution in [0.15, 0.2) is 30.7 Å². The average Bonchev–Trinajstić information content (AvgIpc) is 2.46. The van der Waals surface area contributed by atoms with Crippen LogP contribution in [0.2, 0.25) is 0 Å². The van der Waals surface area contributed by atoms with Gasteiger partial charge in [-0.25, -0.2) is 0 Å². The molecular weight excluding hydrogens is 268 g/mol. The smallest absolute Gasteiger partial charge is 0.278 e. The van der Waals surface area contributed by atoms with Crippen LogP contribution in [0.5, 0.6) is 0 Å². The van der Waals surface area contributed by atoms with Crippen LogP contribution >= 0.6 is 0 Å². The molecule has 21 heavy (non-hydrogen) atoms. The molecule has 0 saturated carbocycles. The van der Waals surface area contributed by atoms with Gasteiger partial charge in [0.05, 0.1) is 10.6 Å². The van der Waals surface area contributed by atoms with Crippen molar-refractivity contribution >= 4 is 5.69 Å². The van der Waals surface area contributed by atoms with Gasteiger partial charge < -0.3 is 5.32 Å². The van der Waals surface area contributed by atoms with Gasteiger partial charge in [0.25, 0.3) is 5.69 Å².